The second kappa shape index (κ2) is 10.9. The van der Waals surface area contributed by atoms with Gasteiger partial charge in [-0.05, 0) is 53.4 Å². The van der Waals surface area contributed by atoms with Gasteiger partial charge in [0.2, 0.25) is 0 Å². The number of benzene rings is 3. The average molecular weight is 491 g/mol. The van der Waals surface area contributed by atoms with Crippen molar-refractivity contribution in [1.82, 2.24) is 0 Å². The van der Waals surface area contributed by atoms with Gasteiger partial charge in [0.1, 0.15) is 12.4 Å². The Kier molecular flexibility index (Phi) is 7.72. The second-order valence-corrected chi connectivity index (χ2v) is 8.51. The number of carbonyl (C=O) groups is 2. The maximum Gasteiger partial charge on any atom is 0.338 e. The molecule has 0 aliphatic carbocycles. The predicted octanol–water partition coefficient (Wildman–Crippen LogP) is 5.42. The Bertz CT molecular complexity index is 1260. The van der Waals surface area contributed by atoms with Crippen molar-refractivity contribution in [3.63, 3.8) is 0 Å². The van der Waals surface area contributed by atoms with Gasteiger partial charge in [-0.3, -0.25) is 0 Å². The molecule has 0 unspecified atom stereocenters. The van der Waals surface area contributed by atoms with Crippen LogP contribution in [0.5, 0.6) is 5.75 Å². The molecule has 1 heterocycles. The third-order valence-corrected chi connectivity index (χ3v) is 6.33. The molecule has 0 radical (unpaired) electrons. The molecule has 4 rings (SSSR count). The van der Waals surface area contributed by atoms with Gasteiger partial charge in [0.15, 0.2) is 5.79 Å². The van der Waals surface area contributed by atoms with Crippen LogP contribution >= 0.6 is 0 Å². The van der Waals surface area contributed by atoms with E-state index in [1.165, 1.54) is 26.4 Å². The minimum Gasteiger partial charge on any atom is -0.489 e. The van der Waals surface area contributed by atoms with Crippen LogP contribution in [0.15, 0.2) is 60.7 Å². The number of hydrogen-bond donors (Lipinski definition) is 0. The van der Waals surface area contributed by atoms with Crippen molar-refractivity contribution in [2.45, 2.75) is 32.7 Å². The van der Waals surface area contributed by atoms with Crippen LogP contribution in [-0.2, 0) is 31.3 Å². The first-order valence-corrected chi connectivity index (χ1v) is 11.8. The van der Waals surface area contributed by atoms with Gasteiger partial charge in [-0.1, -0.05) is 43.3 Å². The summed E-state index contributed by atoms with van der Waals surface area (Å²) in [5.41, 5.74) is 5.50. The number of rotatable bonds is 8. The molecule has 0 saturated carbocycles. The van der Waals surface area contributed by atoms with E-state index in [0.29, 0.717) is 19.0 Å². The van der Waals surface area contributed by atoms with E-state index < -0.39 is 17.7 Å². The van der Waals surface area contributed by atoms with E-state index in [-0.39, 0.29) is 17.7 Å². The highest BCUT2D eigenvalue weighted by molar-refractivity contribution is 6.03. The summed E-state index contributed by atoms with van der Waals surface area (Å²) in [4.78, 5) is 24.2. The van der Waals surface area contributed by atoms with Crippen LogP contribution in [0.25, 0.3) is 11.1 Å². The normalized spacial score (nSPS) is 14.3. The number of methoxy groups -OCH3 is 2. The first-order chi connectivity index (χ1) is 17.4. The second-order valence-electron chi connectivity index (χ2n) is 8.51. The van der Waals surface area contributed by atoms with E-state index in [1.807, 2.05) is 12.1 Å². The lowest BCUT2D eigenvalue weighted by Gasteiger charge is -2.27. The maximum absolute atomic E-state index is 12.2. The van der Waals surface area contributed by atoms with Crippen LogP contribution in [0.4, 0.5) is 0 Å². The molecule has 1 fully saturated rings. The third kappa shape index (κ3) is 5.12. The van der Waals surface area contributed by atoms with Gasteiger partial charge in [0.05, 0.1) is 38.6 Å². The number of esters is 2. The van der Waals surface area contributed by atoms with Gasteiger partial charge in [-0.25, -0.2) is 9.59 Å². The number of hydrogen-bond acceptors (Lipinski definition) is 7. The molecule has 0 amide bonds. The van der Waals surface area contributed by atoms with E-state index in [0.717, 1.165) is 34.2 Å². The first kappa shape index (κ1) is 25.4. The molecule has 0 aromatic heterocycles. The SMILES string of the molecule is CCC1(c2ccc(-c3cccc(COc4ccc(C(=O)OC)c(C(=O)OC)c4)c3)c(C)c2)OCCO1. The topological polar surface area (TPSA) is 80.3 Å². The molecule has 1 saturated heterocycles. The lowest BCUT2D eigenvalue weighted by molar-refractivity contribution is -0.167. The summed E-state index contributed by atoms with van der Waals surface area (Å²) in [5.74, 6) is -1.48. The minimum atomic E-state index is -0.661. The molecule has 1 aliphatic heterocycles. The van der Waals surface area contributed by atoms with Crippen LogP contribution in [0.1, 0.15) is 50.8 Å². The molecule has 1 aliphatic rings. The average Bonchev–Trinajstić information content (AvgIpc) is 3.41. The molecule has 36 heavy (non-hydrogen) atoms. The van der Waals surface area contributed by atoms with E-state index in [9.17, 15) is 9.59 Å². The fourth-order valence-corrected chi connectivity index (χ4v) is 4.43. The Morgan fingerprint density at radius 2 is 1.61 bits per heavy atom. The lowest BCUT2D eigenvalue weighted by atomic mass is 9.94. The summed E-state index contributed by atoms with van der Waals surface area (Å²) in [6.07, 6.45) is 0.747. The highest BCUT2D eigenvalue weighted by Gasteiger charge is 2.36. The summed E-state index contributed by atoms with van der Waals surface area (Å²) in [5, 5.41) is 0. The van der Waals surface area contributed by atoms with E-state index in [1.54, 1.807) is 6.07 Å². The monoisotopic (exact) mass is 490 g/mol. The van der Waals surface area contributed by atoms with Gasteiger partial charge in [0.25, 0.3) is 0 Å². The van der Waals surface area contributed by atoms with Crippen molar-refractivity contribution in [3.8, 4) is 16.9 Å². The molecular weight excluding hydrogens is 460 g/mol. The van der Waals surface area contributed by atoms with Crippen molar-refractivity contribution < 1.29 is 33.3 Å². The van der Waals surface area contributed by atoms with Crippen molar-refractivity contribution in [3.05, 3.63) is 88.5 Å². The van der Waals surface area contributed by atoms with Gasteiger partial charge in [-0.2, -0.15) is 0 Å². The van der Waals surface area contributed by atoms with Crippen molar-refractivity contribution >= 4 is 11.9 Å². The van der Waals surface area contributed by atoms with Crippen LogP contribution < -0.4 is 4.74 Å². The fourth-order valence-electron chi connectivity index (χ4n) is 4.43. The van der Waals surface area contributed by atoms with E-state index in [4.69, 9.17) is 23.7 Å². The third-order valence-electron chi connectivity index (χ3n) is 6.33. The highest BCUT2D eigenvalue weighted by Crippen LogP contribution is 2.37. The fraction of sp³-hybridized carbons (Fsp3) is 0.310. The molecule has 0 bridgehead atoms. The number of carbonyl (C=O) groups excluding carboxylic acids is 2. The zero-order valence-corrected chi connectivity index (χ0v) is 21.0. The predicted molar refractivity (Wildman–Crippen MR) is 134 cm³/mol. The Hall–Kier alpha value is -3.68. The van der Waals surface area contributed by atoms with Crippen LogP contribution in [-0.4, -0.2) is 39.4 Å². The van der Waals surface area contributed by atoms with Gasteiger partial charge < -0.3 is 23.7 Å². The smallest absolute Gasteiger partial charge is 0.338 e. The molecule has 0 atom stereocenters. The Balaban J connectivity index is 1.53. The summed E-state index contributed by atoms with van der Waals surface area (Å²) >= 11 is 0. The molecule has 7 nitrogen and oxygen atoms in total. The van der Waals surface area contributed by atoms with Crippen molar-refractivity contribution in [2.24, 2.45) is 0 Å². The van der Waals surface area contributed by atoms with Crippen LogP contribution in [0.2, 0.25) is 0 Å². The molecule has 0 N–H and O–H groups in total. The zero-order chi connectivity index (χ0) is 25.7. The van der Waals surface area contributed by atoms with Crippen LogP contribution in [0.3, 0.4) is 0 Å². The lowest BCUT2D eigenvalue weighted by Crippen LogP contribution is -2.26. The molecule has 3 aromatic carbocycles. The standard InChI is InChI=1S/C29H30O7/c1-5-29(35-13-14-36-29)22-9-11-24(19(2)15-22)21-8-6-7-20(16-21)18-34-23-10-12-25(27(30)32-3)26(17-23)28(31)33-4/h6-12,15-17H,5,13-14,18H2,1-4H3. The quantitative estimate of drug-likeness (QED) is 0.390. The number of ether oxygens (including phenoxy) is 5. The van der Waals surface area contributed by atoms with Gasteiger partial charge in [-0.15, -0.1) is 0 Å². The molecule has 0 spiro atoms. The van der Waals surface area contributed by atoms with Crippen molar-refractivity contribution in [2.75, 3.05) is 27.4 Å². The number of aryl methyl sites for hydroxylation is 1. The summed E-state index contributed by atoms with van der Waals surface area (Å²) in [7, 11) is 2.51. The van der Waals surface area contributed by atoms with E-state index in [2.05, 4.69) is 44.2 Å². The van der Waals surface area contributed by atoms with Crippen molar-refractivity contribution in [1.29, 1.82) is 0 Å². The van der Waals surface area contributed by atoms with Crippen LogP contribution in [0, 0.1) is 6.92 Å². The minimum absolute atomic E-state index is 0.0892. The largest absolute Gasteiger partial charge is 0.489 e. The van der Waals surface area contributed by atoms with E-state index >= 15 is 0 Å². The first-order valence-electron chi connectivity index (χ1n) is 11.8. The Morgan fingerprint density at radius 1 is 0.889 bits per heavy atom. The van der Waals surface area contributed by atoms with Gasteiger partial charge in [0, 0.05) is 12.0 Å². The molecular formula is C29H30O7. The molecule has 188 valence electrons. The highest BCUT2D eigenvalue weighted by atomic mass is 16.7. The Labute approximate surface area is 210 Å². The van der Waals surface area contributed by atoms with Gasteiger partial charge >= 0.3 is 11.9 Å². The maximum atomic E-state index is 12.2. The Morgan fingerprint density at radius 3 is 2.28 bits per heavy atom. The summed E-state index contributed by atoms with van der Waals surface area (Å²) in [6, 6.07) is 19.0. The zero-order valence-electron chi connectivity index (χ0n) is 21.0. The summed E-state index contributed by atoms with van der Waals surface area (Å²) < 4.78 is 27.4. The molecule has 7 heteroatoms. The molecule has 3 aromatic rings. The summed E-state index contributed by atoms with van der Waals surface area (Å²) in [6.45, 7) is 5.63.